The molecule has 0 aliphatic heterocycles. The van der Waals surface area contributed by atoms with Crippen LogP contribution in [0.4, 0.5) is 4.79 Å². The summed E-state index contributed by atoms with van der Waals surface area (Å²) < 4.78 is 4.88. The first kappa shape index (κ1) is 18.5. The van der Waals surface area contributed by atoms with Crippen LogP contribution in [0.3, 0.4) is 0 Å². The van der Waals surface area contributed by atoms with E-state index in [0.717, 1.165) is 5.56 Å². The summed E-state index contributed by atoms with van der Waals surface area (Å²) >= 11 is 0. The lowest BCUT2D eigenvalue weighted by atomic mass is 10.1. The van der Waals surface area contributed by atoms with Crippen molar-refractivity contribution in [1.29, 1.82) is 0 Å². The number of carbonyl (C=O) groups is 3. The quantitative estimate of drug-likeness (QED) is 0.685. The van der Waals surface area contributed by atoms with Gasteiger partial charge in [0.25, 0.3) is 5.91 Å². The molecular weight excluding hydrogens is 298 g/mol. The van der Waals surface area contributed by atoms with E-state index in [2.05, 4.69) is 16.2 Å². The SMILES string of the molecule is CC(=O)N[C@H](Cc1ccccc1)C(=O)NNC(=O)OCC(C)C. The minimum atomic E-state index is -0.791. The molecular formula is C16H23N3O4. The Kier molecular flexibility index (Phi) is 7.59. The van der Waals surface area contributed by atoms with Crippen LogP contribution in [0.5, 0.6) is 0 Å². The second-order valence-electron chi connectivity index (χ2n) is 5.55. The predicted octanol–water partition coefficient (Wildman–Crippen LogP) is 1.15. The molecule has 1 atom stereocenters. The summed E-state index contributed by atoms with van der Waals surface area (Å²) in [5.74, 6) is -0.657. The topological polar surface area (TPSA) is 96.5 Å². The van der Waals surface area contributed by atoms with E-state index in [1.54, 1.807) is 0 Å². The van der Waals surface area contributed by atoms with Gasteiger partial charge in [-0.05, 0) is 11.5 Å². The molecule has 126 valence electrons. The summed E-state index contributed by atoms with van der Waals surface area (Å²) in [6.07, 6.45) is -0.428. The third kappa shape index (κ3) is 7.85. The number of hydrogen-bond acceptors (Lipinski definition) is 4. The monoisotopic (exact) mass is 321 g/mol. The van der Waals surface area contributed by atoms with Crippen molar-refractivity contribution in [3.63, 3.8) is 0 Å². The van der Waals surface area contributed by atoms with Crippen LogP contribution in [0, 0.1) is 5.92 Å². The zero-order chi connectivity index (χ0) is 17.2. The maximum absolute atomic E-state index is 12.1. The highest BCUT2D eigenvalue weighted by Gasteiger charge is 2.20. The van der Waals surface area contributed by atoms with E-state index in [9.17, 15) is 14.4 Å². The number of nitrogens with one attached hydrogen (secondary N) is 3. The van der Waals surface area contributed by atoms with Crippen molar-refractivity contribution in [2.24, 2.45) is 5.92 Å². The summed E-state index contributed by atoms with van der Waals surface area (Å²) in [4.78, 5) is 34.8. The summed E-state index contributed by atoms with van der Waals surface area (Å²) in [7, 11) is 0. The van der Waals surface area contributed by atoms with E-state index in [-0.39, 0.29) is 18.4 Å². The van der Waals surface area contributed by atoms with Gasteiger partial charge in [-0.15, -0.1) is 0 Å². The van der Waals surface area contributed by atoms with E-state index in [1.165, 1.54) is 6.92 Å². The molecule has 7 heteroatoms. The van der Waals surface area contributed by atoms with Crippen LogP contribution in [0.25, 0.3) is 0 Å². The number of carbonyl (C=O) groups excluding carboxylic acids is 3. The van der Waals surface area contributed by atoms with Crippen LogP contribution < -0.4 is 16.2 Å². The van der Waals surface area contributed by atoms with Crippen molar-refractivity contribution in [2.45, 2.75) is 33.2 Å². The van der Waals surface area contributed by atoms with Crippen LogP contribution >= 0.6 is 0 Å². The molecule has 0 aliphatic rings. The Balaban J connectivity index is 2.55. The van der Waals surface area contributed by atoms with Crippen LogP contribution in [0.1, 0.15) is 26.3 Å². The Labute approximate surface area is 135 Å². The smallest absolute Gasteiger partial charge is 0.426 e. The van der Waals surface area contributed by atoms with Crippen LogP contribution in [0.2, 0.25) is 0 Å². The third-order valence-corrected chi connectivity index (χ3v) is 2.81. The number of rotatable bonds is 6. The van der Waals surface area contributed by atoms with Crippen molar-refractivity contribution in [1.82, 2.24) is 16.2 Å². The van der Waals surface area contributed by atoms with Crippen molar-refractivity contribution in [2.75, 3.05) is 6.61 Å². The molecule has 0 radical (unpaired) electrons. The fraction of sp³-hybridized carbons (Fsp3) is 0.438. The van der Waals surface area contributed by atoms with Gasteiger partial charge in [-0.2, -0.15) is 0 Å². The molecule has 0 aromatic heterocycles. The summed E-state index contributed by atoms with van der Waals surface area (Å²) in [6, 6.07) is 8.47. The number of hydrogen-bond donors (Lipinski definition) is 3. The van der Waals surface area contributed by atoms with Crippen LogP contribution in [0.15, 0.2) is 30.3 Å². The average molecular weight is 321 g/mol. The van der Waals surface area contributed by atoms with Gasteiger partial charge in [0, 0.05) is 13.3 Å². The van der Waals surface area contributed by atoms with Crippen LogP contribution in [-0.4, -0.2) is 30.6 Å². The van der Waals surface area contributed by atoms with Crippen LogP contribution in [-0.2, 0) is 20.7 Å². The van der Waals surface area contributed by atoms with Gasteiger partial charge in [-0.25, -0.2) is 10.2 Å². The van der Waals surface area contributed by atoms with Gasteiger partial charge in [-0.3, -0.25) is 15.0 Å². The Bertz CT molecular complexity index is 531. The Morgan fingerprint density at radius 1 is 1.09 bits per heavy atom. The number of benzene rings is 1. The number of hydrazine groups is 1. The maximum atomic E-state index is 12.1. The molecule has 0 aliphatic carbocycles. The highest BCUT2D eigenvalue weighted by molar-refractivity contribution is 5.88. The fourth-order valence-electron chi connectivity index (χ4n) is 1.78. The largest absolute Gasteiger partial charge is 0.448 e. The average Bonchev–Trinajstić information content (AvgIpc) is 2.50. The Hall–Kier alpha value is -2.57. The van der Waals surface area contributed by atoms with Gasteiger partial charge in [-0.1, -0.05) is 44.2 Å². The predicted molar refractivity (Wildman–Crippen MR) is 85.2 cm³/mol. The van der Waals surface area contributed by atoms with Gasteiger partial charge in [0.15, 0.2) is 0 Å². The number of ether oxygens (including phenoxy) is 1. The molecule has 0 heterocycles. The third-order valence-electron chi connectivity index (χ3n) is 2.81. The molecule has 23 heavy (non-hydrogen) atoms. The highest BCUT2D eigenvalue weighted by atomic mass is 16.6. The minimum Gasteiger partial charge on any atom is -0.448 e. The molecule has 1 aromatic carbocycles. The van der Waals surface area contributed by atoms with Crippen molar-refractivity contribution in [3.8, 4) is 0 Å². The molecule has 3 amide bonds. The molecule has 1 rings (SSSR count). The first-order valence-electron chi connectivity index (χ1n) is 7.42. The standard InChI is InChI=1S/C16H23N3O4/c1-11(2)10-23-16(22)19-18-15(21)14(17-12(3)20)9-13-7-5-4-6-8-13/h4-8,11,14H,9-10H2,1-3H3,(H,17,20)(H,18,21)(H,19,22)/t14-/m1/s1. The zero-order valence-corrected chi connectivity index (χ0v) is 13.6. The van der Waals surface area contributed by atoms with Gasteiger partial charge < -0.3 is 10.1 Å². The Morgan fingerprint density at radius 2 is 1.74 bits per heavy atom. The number of amides is 3. The van der Waals surface area contributed by atoms with Gasteiger partial charge in [0.05, 0.1) is 6.61 Å². The van der Waals surface area contributed by atoms with E-state index < -0.39 is 18.0 Å². The summed E-state index contributed by atoms with van der Waals surface area (Å²) in [5.41, 5.74) is 5.31. The second kappa shape index (κ2) is 9.45. The molecule has 1 aromatic rings. The van der Waals surface area contributed by atoms with Crippen molar-refractivity contribution in [3.05, 3.63) is 35.9 Å². The molecule has 0 saturated heterocycles. The van der Waals surface area contributed by atoms with E-state index in [0.29, 0.717) is 6.42 Å². The Morgan fingerprint density at radius 3 is 2.30 bits per heavy atom. The molecule has 0 spiro atoms. The summed E-state index contributed by atoms with van der Waals surface area (Å²) in [6.45, 7) is 5.38. The van der Waals surface area contributed by atoms with E-state index in [4.69, 9.17) is 4.74 Å². The molecule has 0 unspecified atom stereocenters. The van der Waals surface area contributed by atoms with Gasteiger partial charge in [0.2, 0.25) is 5.91 Å². The lowest BCUT2D eigenvalue weighted by Gasteiger charge is -2.18. The first-order valence-corrected chi connectivity index (χ1v) is 7.42. The molecule has 0 bridgehead atoms. The van der Waals surface area contributed by atoms with E-state index >= 15 is 0 Å². The fourth-order valence-corrected chi connectivity index (χ4v) is 1.78. The van der Waals surface area contributed by atoms with Crippen molar-refractivity contribution < 1.29 is 19.1 Å². The lowest BCUT2D eigenvalue weighted by molar-refractivity contribution is -0.128. The molecule has 0 fully saturated rings. The highest BCUT2D eigenvalue weighted by Crippen LogP contribution is 2.03. The van der Waals surface area contributed by atoms with Crippen molar-refractivity contribution >= 4 is 17.9 Å². The first-order chi connectivity index (χ1) is 10.9. The lowest BCUT2D eigenvalue weighted by Crippen LogP contribution is -2.53. The van der Waals surface area contributed by atoms with Gasteiger partial charge in [0.1, 0.15) is 6.04 Å². The maximum Gasteiger partial charge on any atom is 0.426 e. The molecule has 7 nitrogen and oxygen atoms in total. The molecule has 3 N–H and O–H groups in total. The van der Waals surface area contributed by atoms with E-state index in [1.807, 2.05) is 44.2 Å². The summed E-state index contributed by atoms with van der Waals surface area (Å²) in [5, 5.41) is 2.56. The normalized spacial score (nSPS) is 11.5. The van der Waals surface area contributed by atoms with Gasteiger partial charge >= 0.3 is 6.09 Å². The zero-order valence-electron chi connectivity index (χ0n) is 13.6. The molecule has 0 saturated carbocycles. The second-order valence-corrected chi connectivity index (χ2v) is 5.55. The minimum absolute atomic E-state index is 0.196.